The Morgan fingerprint density at radius 2 is 1.91 bits per heavy atom. The van der Waals surface area contributed by atoms with E-state index in [1.54, 1.807) is 12.3 Å². The van der Waals surface area contributed by atoms with Gasteiger partial charge in [-0.3, -0.25) is 4.98 Å². The monoisotopic (exact) mass is 333 g/mol. The van der Waals surface area contributed by atoms with Gasteiger partial charge in [0, 0.05) is 23.2 Å². The zero-order chi connectivity index (χ0) is 16.4. The molecule has 6 heteroatoms. The molecule has 1 saturated heterocycles. The maximum atomic E-state index is 10.0. The molecule has 2 aromatic rings. The standard InChI is InChI=1S/C17H19NO4S/c1-10-5-6-12(8-18-10)11-3-2-4-13(7-11)22-17-16(21)15(20)14(19)9-23-17/h2-8,14-17,19-21H,9H2,1H3/t14-,15+,16-,17+/m1/s1. The Bertz CT molecular complexity index is 664. The fourth-order valence-corrected chi connectivity index (χ4v) is 3.53. The molecule has 4 atom stereocenters. The predicted octanol–water partition coefficient (Wildman–Crippen LogP) is 1.59. The van der Waals surface area contributed by atoms with E-state index in [-0.39, 0.29) is 0 Å². The van der Waals surface area contributed by atoms with E-state index in [2.05, 4.69) is 4.98 Å². The minimum Gasteiger partial charge on any atom is -0.477 e. The number of thioether (sulfide) groups is 1. The summed E-state index contributed by atoms with van der Waals surface area (Å²) in [7, 11) is 0. The molecule has 1 aromatic heterocycles. The Balaban J connectivity index is 1.76. The van der Waals surface area contributed by atoms with Crippen LogP contribution in [0.4, 0.5) is 0 Å². The van der Waals surface area contributed by atoms with Gasteiger partial charge in [-0.25, -0.2) is 0 Å². The van der Waals surface area contributed by atoms with E-state index in [9.17, 15) is 15.3 Å². The molecular formula is C17H19NO4S. The Morgan fingerprint density at radius 3 is 2.65 bits per heavy atom. The number of ether oxygens (including phenoxy) is 1. The first-order valence-electron chi connectivity index (χ1n) is 7.40. The number of benzene rings is 1. The molecule has 2 heterocycles. The van der Waals surface area contributed by atoms with Crippen LogP contribution >= 0.6 is 11.8 Å². The normalized spacial score (nSPS) is 27.7. The van der Waals surface area contributed by atoms with Crippen LogP contribution in [0.2, 0.25) is 0 Å². The number of aliphatic hydroxyl groups excluding tert-OH is 3. The predicted molar refractivity (Wildman–Crippen MR) is 89.3 cm³/mol. The molecule has 3 rings (SSSR count). The summed E-state index contributed by atoms with van der Waals surface area (Å²) in [5.41, 5.74) is 2.29. The van der Waals surface area contributed by atoms with Crippen molar-refractivity contribution in [2.75, 3.05) is 5.75 Å². The third-order valence-corrected chi connectivity index (χ3v) is 5.02. The van der Waals surface area contributed by atoms with Crippen molar-refractivity contribution in [3.05, 3.63) is 48.3 Å². The number of rotatable bonds is 3. The molecule has 0 bridgehead atoms. The molecule has 122 valence electrons. The molecule has 1 aliphatic rings. The van der Waals surface area contributed by atoms with Crippen molar-refractivity contribution in [2.45, 2.75) is 30.7 Å². The highest BCUT2D eigenvalue weighted by molar-refractivity contribution is 7.99. The first-order chi connectivity index (χ1) is 11.0. The summed E-state index contributed by atoms with van der Waals surface area (Å²) in [6.45, 7) is 1.94. The zero-order valence-corrected chi connectivity index (χ0v) is 13.5. The summed E-state index contributed by atoms with van der Waals surface area (Å²) >= 11 is 1.29. The van der Waals surface area contributed by atoms with Gasteiger partial charge in [-0.15, -0.1) is 11.8 Å². The summed E-state index contributed by atoms with van der Waals surface area (Å²) in [5, 5.41) is 29.3. The molecule has 0 amide bonds. The molecule has 5 nitrogen and oxygen atoms in total. The van der Waals surface area contributed by atoms with Gasteiger partial charge in [-0.1, -0.05) is 18.2 Å². The van der Waals surface area contributed by atoms with Crippen molar-refractivity contribution in [3.63, 3.8) is 0 Å². The number of aliphatic hydroxyl groups is 3. The van der Waals surface area contributed by atoms with Gasteiger partial charge in [0.15, 0.2) is 5.44 Å². The molecule has 1 aliphatic heterocycles. The number of aromatic nitrogens is 1. The van der Waals surface area contributed by atoms with Crippen molar-refractivity contribution in [2.24, 2.45) is 0 Å². The average molecular weight is 333 g/mol. The van der Waals surface area contributed by atoms with Crippen LogP contribution in [0, 0.1) is 6.92 Å². The van der Waals surface area contributed by atoms with Crippen LogP contribution in [0.1, 0.15) is 5.69 Å². The minimum atomic E-state index is -1.19. The Kier molecular flexibility index (Phi) is 4.87. The van der Waals surface area contributed by atoms with E-state index in [1.807, 2.05) is 37.3 Å². The first-order valence-corrected chi connectivity index (χ1v) is 8.45. The molecular weight excluding hydrogens is 314 g/mol. The first kappa shape index (κ1) is 16.3. The molecule has 1 aromatic carbocycles. The molecule has 1 fully saturated rings. The van der Waals surface area contributed by atoms with Crippen LogP contribution in [0.5, 0.6) is 5.75 Å². The Hall–Kier alpha value is -1.60. The molecule has 0 aliphatic carbocycles. The van der Waals surface area contributed by atoms with Crippen molar-refractivity contribution < 1.29 is 20.1 Å². The van der Waals surface area contributed by atoms with Gasteiger partial charge in [-0.05, 0) is 30.7 Å². The Morgan fingerprint density at radius 1 is 1.09 bits per heavy atom. The van der Waals surface area contributed by atoms with Crippen LogP contribution in [-0.4, -0.2) is 49.8 Å². The molecule has 0 radical (unpaired) electrons. The highest BCUT2D eigenvalue weighted by atomic mass is 32.2. The zero-order valence-electron chi connectivity index (χ0n) is 12.7. The fraction of sp³-hybridized carbons (Fsp3) is 0.353. The van der Waals surface area contributed by atoms with Crippen LogP contribution in [0.25, 0.3) is 11.1 Å². The second kappa shape index (κ2) is 6.88. The topological polar surface area (TPSA) is 82.8 Å². The van der Waals surface area contributed by atoms with Gasteiger partial charge >= 0.3 is 0 Å². The second-order valence-corrected chi connectivity index (χ2v) is 6.72. The highest BCUT2D eigenvalue weighted by Gasteiger charge is 2.38. The third kappa shape index (κ3) is 3.67. The summed E-state index contributed by atoms with van der Waals surface area (Å²) < 4.78 is 5.79. The third-order valence-electron chi connectivity index (χ3n) is 3.79. The molecule has 23 heavy (non-hydrogen) atoms. The molecule has 3 N–H and O–H groups in total. The number of nitrogens with zero attached hydrogens (tertiary/aromatic N) is 1. The smallest absolute Gasteiger partial charge is 0.173 e. The number of hydrogen-bond acceptors (Lipinski definition) is 6. The van der Waals surface area contributed by atoms with E-state index in [4.69, 9.17) is 4.74 Å². The van der Waals surface area contributed by atoms with Gasteiger partial charge in [0.25, 0.3) is 0 Å². The lowest BCUT2D eigenvalue weighted by Crippen LogP contribution is -2.50. The average Bonchev–Trinajstić information content (AvgIpc) is 2.56. The maximum Gasteiger partial charge on any atom is 0.173 e. The Labute approximate surface area is 139 Å². The van der Waals surface area contributed by atoms with Gasteiger partial charge in [-0.2, -0.15) is 0 Å². The van der Waals surface area contributed by atoms with Gasteiger partial charge in [0.05, 0.1) is 6.10 Å². The van der Waals surface area contributed by atoms with E-state index >= 15 is 0 Å². The highest BCUT2D eigenvalue weighted by Crippen LogP contribution is 2.31. The number of hydrogen-bond donors (Lipinski definition) is 3. The number of pyridine rings is 1. The maximum absolute atomic E-state index is 10.0. The van der Waals surface area contributed by atoms with Crippen molar-refractivity contribution in [3.8, 4) is 16.9 Å². The van der Waals surface area contributed by atoms with Gasteiger partial charge in [0.1, 0.15) is 18.0 Å². The van der Waals surface area contributed by atoms with Crippen LogP contribution in [-0.2, 0) is 0 Å². The lowest BCUT2D eigenvalue weighted by molar-refractivity contribution is -0.0786. The van der Waals surface area contributed by atoms with Crippen molar-refractivity contribution in [1.29, 1.82) is 0 Å². The second-order valence-electron chi connectivity index (χ2n) is 5.58. The lowest BCUT2D eigenvalue weighted by Gasteiger charge is -2.34. The minimum absolute atomic E-state index is 0.324. The van der Waals surface area contributed by atoms with Crippen LogP contribution < -0.4 is 4.74 Å². The van der Waals surface area contributed by atoms with Crippen molar-refractivity contribution >= 4 is 11.8 Å². The van der Waals surface area contributed by atoms with E-state index in [1.165, 1.54) is 11.8 Å². The summed E-state index contributed by atoms with van der Waals surface area (Å²) in [4.78, 5) is 4.29. The van der Waals surface area contributed by atoms with E-state index in [0.717, 1.165) is 16.8 Å². The quantitative estimate of drug-likeness (QED) is 0.791. The SMILES string of the molecule is Cc1ccc(-c2cccc(O[C@H]3SC[C@@H](O)[C@H](O)[C@H]3O)c2)cn1. The van der Waals surface area contributed by atoms with E-state index < -0.39 is 23.7 Å². The van der Waals surface area contributed by atoms with Gasteiger partial charge in [0.2, 0.25) is 0 Å². The molecule has 0 unspecified atom stereocenters. The van der Waals surface area contributed by atoms with Crippen molar-refractivity contribution in [1.82, 2.24) is 4.98 Å². The molecule has 0 saturated carbocycles. The largest absolute Gasteiger partial charge is 0.477 e. The van der Waals surface area contributed by atoms with E-state index in [0.29, 0.717) is 11.5 Å². The van der Waals surface area contributed by atoms with Crippen LogP contribution in [0.3, 0.4) is 0 Å². The summed E-state index contributed by atoms with van der Waals surface area (Å²) in [5.74, 6) is 0.924. The lowest BCUT2D eigenvalue weighted by atomic mass is 10.1. The number of aryl methyl sites for hydroxylation is 1. The summed E-state index contributed by atoms with van der Waals surface area (Å²) in [6, 6.07) is 11.4. The van der Waals surface area contributed by atoms with Gasteiger partial charge < -0.3 is 20.1 Å². The fourth-order valence-electron chi connectivity index (χ4n) is 2.40. The summed E-state index contributed by atoms with van der Waals surface area (Å²) in [6.07, 6.45) is -1.45. The molecule has 0 spiro atoms. The van der Waals surface area contributed by atoms with Crippen LogP contribution in [0.15, 0.2) is 42.6 Å².